The Morgan fingerprint density at radius 2 is 2.11 bits per heavy atom. The predicted octanol–water partition coefficient (Wildman–Crippen LogP) is 1.12. The molecule has 1 aromatic carbocycles. The minimum atomic E-state index is -1.15. The Morgan fingerprint density at radius 1 is 1.37 bits per heavy atom. The van der Waals surface area contributed by atoms with Gasteiger partial charge in [-0.2, -0.15) is 0 Å². The van der Waals surface area contributed by atoms with Crippen LogP contribution in [0.2, 0.25) is 0 Å². The molecule has 0 amide bonds. The van der Waals surface area contributed by atoms with Crippen LogP contribution in [0.3, 0.4) is 0 Å². The molecular weight excluding hydrogens is 250 g/mol. The number of hydrogen-bond acceptors (Lipinski definition) is 5. The minimum absolute atomic E-state index is 0.0900. The highest BCUT2D eigenvalue weighted by atomic mass is 16.5. The number of methoxy groups -OCH3 is 2. The summed E-state index contributed by atoms with van der Waals surface area (Å²) in [6.07, 6.45) is 0. The standard InChI is InChI=1S/C12H13N3O4/c1-18-7-9-11(12(16)17)13-14-15(9)8-5-3-4-6-10(8)19-2/h3-6H,7H2,1-2H3,(H,16,17). The molecule has 100 valence electrons. The van der Waals surface area contributed by atoms with Crippen LogP contribution in [0.5, 0.6) is 5.75 Å². The predicted molar refractivity (Wildman–Crippen MR) is 65.6 cm³/mol. The number of carbonyl (C=O) groups is 1. The Hall–Kier alpha value is -2.41. The molecule has 19 heavy (non-hydrogen) atoms. The highest BCUT2D eigenvalue weighted by molar-refractivity contribution is 5.86. The summed E-state index contributed by atoms with van der Waals surface area (Å²) in [5.41, 5.74) is 0.837. The van der Waals surface area contributed by atoms with Gasteiger partial charge >= 0.3 is 5.97 Å². The van der Waals surface area contributed by atoms with Crippen molar-refractivity contribution < 1.29 is 19.4 Å². The molecule has 0 fully saturated rings. The average Bonchev–Trinajstić information content (AvgIpc) is 2.83. The van der Waals surface area contributed by atoms with Crippen molar-refractivity contribution in [2.24, 2.45) is 0 Å². The zero-order valence-corrected chi connectivity index (χ0v) is 10.5. The summed E-state index contributed by atoms with van der Waals surface area (Å²) in [4.78, 5) is 11.1. The molecule has 0 atom stereocenters. The van der Waals surface area contributed by atoms with Crippen molar-refractivity contribution in [2.75, 3.05) is 14.2 Å². The van der Waals surface area contributed by atoms with Gasteiger partial charge in [-0.05, 0) is 12.1 Å². The highest BCUT2D eigenvalue weighted by Crippen LogP contribution is 2.23. The van der Waals surface area contributed by atoms with Crippen molar-refractivity contribution >= 4 is 5.97 Å². The van der Waals surface area contributed by atoms with Gasteiger partial charge in [0, 0.05) is 7.11 Å². The van der Waals surface area contributed by atoms with E-state index in [9.17, 15) is 4.79 Å². The van der Waals surface area contributed by atoms with Crippen molar-refractivity contribution in [2.45, 2.75) is 6.61 Å². The lowest BCUT2D eigenvalue weighted by atomic mass is 10.2. The maximum absolute atomic E-state index is 11.1. The van der Waals surface area contributed by atoms with Gasteiger partial charge in [0.2, 0.25) is 0 Å². The summed E-state index contributed by atoms with van der Waals surface area (Å²) in [6, 6.07) is 7.14. The van der Waals surface area contributed by atoms with Gasteiger partial charge in [0.25, 0.3) is 0 Å². The quantitative estimate of drug-likeness (QED) is 0.869. The molecule has 0 bridgehead atoms. The Morgan fingerprint density at radius 3 is 2.74 bits per heavy atom. The topological polar surface area (TPSA) is 86.5 Å². The van der Waals surface area contributed by atoms with Gasteiger partial charge in [-0.15, -0.1) is 5.10 Å². The molecule has 2 rings (SSSR count). The van der Waals surface area contributed by atoms with Crippen LogP contribution < -0.4 is 4.74 Å². The molecule has 0 saturated heterocycles. The summed E-state index contributed by atoms with van der Waals surface area (Å²) < 4.78 is 11.6. The number of aromatic carboxylic acids is 1. The van der Waals surface area contributed by atoms with Crippen LogP contribution in [-0.2, 0) is 11.3 Å². The number of benzene rings is 1. The molecule has 0 aliphatic rings. The summed E-state index contributed by atoms with van der Waals surface area (Å²) in [6.45, 7) is 0.0900. The first-order chi connectivity index (χ1) is 9.19. The lowest BCUT2D eigenvalue weighted by Crippen LogP contribution is -2.08. The Bertz CT molecular complexity index is 594. The summed E-state index contributed by atoms with van der Waals surface area (Å²) in [5.74, 6) is -0.574. The molecular formula is C12H13N3O4. The number of carboxylic acids is 1. The molecule has 1 heterocycles. The molecule has 2 aromatic rings. The molecule has 1 aromatic heterocycles. The van der Waals surface area contributed by atoms with E-state index >= 15 is 0 Å². The average molecular weight is 263 g/mol. The third-order valence-electron chi connectivity index (χ3n) is 2.56. The summed E-state index contributed by atoms with van der Waals surface area (Å²) in [5, 5.41) is 16.6. The lowest BCUT2D eigenvalue weighted by Gasteiger charge is -2.10. The fraction of sp³-hybridized carbons (Fsp3) is 0.250. The van der Waals surface area contributed by atoms with E-state index in [0.29, 0.717) is 17.1 Å². The van der Waals surface area contributed by atoms with Gasteiger partial charge in [0.05, 0.1) is 13.7 Å². The van der Waals surface area contributed by atoms with E-state index in [2.05, 4.69) is 10.3 Å². The molecule has 0 unspecified atom stereocenters. The van der Waals surface area contributed by atoms with Gasteiger partial charge < -0.3 is 14.6 Å². The number of aromatic nitrogens is 3. The van der Waals surface area contributed by atoms with Crippen molar-refractivity contribution in [3.8, 4) is 11.4 Å². The number of nitrogens with zero attached hydrogens (tertiary/aromatic N) is 3. The first-order valence-corrected chi connectivity index (χ1v) is 5.49. The highest BCUT2D eigenvalue weighted by Gasteiger charge is 2.21. The lowest BCUT2D eigenvalue weighted by molar-refractivity contribution is 0.0685. The fourth-order valence-corrected chi connectivity index (χ4v) is 1.73. The molecule has 7 nitrogen and oxygen atoms in total. The zero-order chi connectivity index (χ0) is 13.8. The molecule has 0 aliphatic heterocycles. The Kier molecular flexibility index (Phi) is 3.76. The number of rotatable bonds is 5. The van der Waals surface area contributed by atoms with E-state index in [0.717, 1.165) is 0 Å². The number of carboxylic acid groups (broad SMARTS) is 1. The number of hydrogen-bond donors (Lipinski definition) is 1. The largest absolute Gasteiger partial charge is 0.494 e. The van der Waals surface area contributed by atoms with E-state index in [1.807, 2.05) is 6.07 Å². The maximum atomic E-state index is 11.1. The monoisotopic (exact) mass is 263 g/mol. The second-order valence-electron chi connectivity index (χ2n) is 3.71. The number of ether oxygens (including phenoxy) is 2. The SMILES string of the molecule is COCc1c(C(=O)O)nnn1-c1ccccc1OC. The first kappa shape index (κ1) is 13.0. The molecule has 0 saturated carbocycles. The summed E-state index contributed by atoms with van der Waals surface area (Å²) >= 11 is 0. The van der Waals surface area contributed by atoms with E-state index < -0.39 is 5.97 Å². The molecule has 1 N–H and O–H groups in total. The minimum Gasteiger partial charge on any atom is -0.494 e. The van der Waals surface area contributed by atoms with Gasteiger partial charge in [-0.1, -0.05) is 17.3 Å². The zero-order valence-electron chi connectivity index (χ0n) is 10.5. The van der Waals surface area contributed by atoms with Crippen molar-refractivity contribution in [1.29, 1.82) is 0 Å². The van der Waals surface area contributed by atoms with E-state index in [1.54, 1.807) is 18.2 Å². The molecule has 0 spiro atoms. The third kappa shape index (κ3) is 2.41. The van der Waals surface area contributed by atoms with Gasteiger partial charge in [0.15, 0.2) is 5.69 Å². The first-order valence-electron chi connectivity index (χ1n) is 5.49. The smallest absolute Gasteiger partial charge is 0.358 e. The normalized spacial score (nSPS) is 10.4. The molecule has 7 heteroatoms. The number of para-hydroxylation sites is 2. The van der Waals surface area contributed by atoms with Crippen LogP contribution in [0.15, 0.2) is 24.3 Å². The van der Waals surface area contributed by atoms with Crippen molar-refractivity contribution in [3.05, 3.63) is 35.7 Å². The van der Waals surface area contributed by atoms with E-state index in [1.165, 1.54) is 18.9 Å². The third-order valence-corrected chi connectivity index (χ3v) is 2.56. The second-order valence-corrected chi connectivity index (χ2v) is 3.71. The van der Waals surface area contributed by atoms with Gasteiger partial charge in [-0.3, -0.25) is 0 Å². The van der Waals surface area contributed by atoms with Crippen molar-refractivity contribution in [1.82, 2.24) is 15.0 Å². The Balaban J connectivity index is 2.58. The Labute approximate surface area is 109 Å². The van der Waals surface area contributed by atoms with Crippen LogP contribution in [-0.4, -0.2) is 40.3 Å². The maximum Gasteiger partial charge on any atom is 0.358 e. The van der Waals surface area contributed by atoms with Crippen LogP contribution in [0.1, 0.15) is 16.2 Å². The van der Waals surface area contributed by atoms with Crippen LogP contribution in [0, 0.1) is 0 Å². The van der Waals surface area contributed by atoms with Gasteiger partial charge in [0.1, 0.15) is 17.1 Å². The van der Waals surface area contributed by atoms with E-state index in [4.69, 9.17) is 14.6 Å². The molecule has 0 radical (unpaired) electrons. The van der Waals surface area contributed by atoms with Crippen LogP contribution in [0.25, 0.3) is 5.69 Å². The summed E-state index contributed by atoms with van der Waals surface area (Å²) in [7, 11) is 3.01. The van der Waals surface area contributed by atoms with Gasteiger partial charge in [-0.25, -0.2) is 9.48 Å². The van der Waals surface area contributed by atoms with Crippen LogP contribution >= 0.6 is 0 Å². The van der Waals surface area contributed by atoms with Crippen LogP contribution in [0.4, 0.5) is 0 Å². The molecule has 0 aliphatic carbocycles. The second kappa shape index (κ2) is 5.49. The van der Waals surface area contributed by atoms with E-state index in [-0.39, 0.29) is 12.3 Å². The fourth-order valence-electron chi connectivity index (χ4n) is 1.73. The van der Waals surface area contributed by atoms with Crippen molar-refractivity contribution in [3.63, 3.8) is 0 Å².